The highest BCUT2D eigenvalue weighted by atomic mass is 14.8. The van der Waals surface area contributed by atoms with Crippen LogP contribution in [0.2, 0.25) is 0 Å². The maximum Gasteiger partial charge on any atom is 0.0185 e. The van der Waals surface area contributed by atoms with E-state index in [1.807, 2.05) is 0 Å². The van der Waals surface area contributed by atoms with Gasteiger partial charge in [-0.2, -0.15) is 0 Å². The maximum absolute atomic E-state index is 6.80. The van der Waals surface area contributed by atoms with Crippen LogP contribution in [0.25, 0.3) is 0 Å². The highest BCUT2D eigenvalue weighted by Crippen LogP contribution is 2.52. The van der Waals surface area contributed by atoms with Crippen molar-refractivity contribution in [2.75, 3.05) is 0 Å². The Hall–Kier alpha value is -0.0400. The van der Waals surface area contributed by atoms with E-state index in [1.165, 1.54) is 51.4 Å². The van der Waals surface area contributed by atoms with Crippen LogP contribution in [-0.2, 0) is 0 Å². The third-order valence-electron chi connectivity index (χ3n) is 6.59. The Balaban J connectivity index is 1.67. The molecule has 17 heavy (non-hydrogen) atoms. The Kier molecular flexibility index (Phi) is 3.01. The second-order valence-corrected chi connectivity index (χ2v) is 7.53. The topological polar surface area (TPSA) is 26.0 Å². The van der Waals surface area contributed by atoms with Crippen LogP contribution >= 0.6 is 0 Å². The van der Waals surface area contributed by atoms with Gasteiger partial charge < -0.3 is 5.73 Å². The van der Waals surface area contributed by atoms with Crippen LogP contribution in [0.3, 0.4) is 0 Å². The molecule has 0 radical (unpaired) electrons. The van der Waals surface area contributed by atoms with E-state index in [2.05, 4.69) is 13.8 Å². The molecule has 6 unspecified atom stereocenters. The highest BCUT2D eigenvalue weighted by molar-refractivity contribution is 5.00. The third kappa shape index (κ3) is 2.05. The lowest BCUT2D eigenvalue weighted by Gasteiger charge is -2.45. The summed E-state index contributed by atoms with van der Waals surface area (Å²) in [6.45, 7) is 4.82. The molecule has 0 amide bonds. The fourth-order valence-electron chi connectivity index (χ4n) is 5.20. The number of hydrogen-bond acceptors (Lipinski definition) is 1. The first-order valence-electron chi connectivity index (χ1n) is 7.87. The van der Waals surface area contributed by atoms with E-state index in [1.54, 1.807) is 0 Å². The van der Waals surface area contributed by atoms with Gasteiger partial charge >= 0.3 is 0 Å². The van der Waals surface area contributed by atoms with Crippen molar-refractivity contribution in [2.24, 2.45) is 35.3 Å². The van der Waals surface area contributed by atoms with Gasteiger partial charge in [-0.15, -0.1) is 0 Å². The quantitative estimate of drug-likeness (QED) is 0.770. The Morgan fingerprint density at radius 1 is 1.12 bits per heavy atom. The van der Waals surface area contributed by atoms with Crippen LogP contribution in [-0.4, -0.2) is 5.54 Å². The molecule has 0 spiro atoms. The molecular formula is C16H29N. The van der Waals surface area contributed by atoms with Crippen LogP contribution < -0.4 is 5.73 Å². The van der Waals surface area contributed by atoms with Crippen molar-refractivity contribution in [1.29, 1.82) is 0 Å². The third-order valence-corrected chi connectivity index (χ3v) is 6.59. The molecule has 0 aliphatic heterocycles. The van der Waals surface area contributed by atoms with Gasteiger partial charge in [0.25, 0.3) is 0 Å². The van der Waals surface area contributed by atoms with Gasteiger partial charge in [-0.1, -0.05) is 33.1 Å². The van der Waals surface area contributed by atoms with Crippen LogP contribution in [0.5, 0.6) is 0 Å². The van der Waals surface area contributed by atoms with E-state index in [9.17, 15) is 0 Å². The normalized spacial score (nSPS) is 54.2. The van der Waals surface area contributed by atoms with Crippen molar-refractivity contribution < 1.29 is 0 Å². The van der Waals surface area contributed by atoms with E-state index < -0.39 is 0 Å². The monoisotopic (exact) mass is 235 g/mol. The van der Waals surface area contributed by atoms with Crippen LogP contribution in [0.1, 0.15) is 65.2 Å². The lowest BCUT2D eigenvalue weighted by molar-refractivity contribution is 0.102. The van der Waals surface area contributed by atoms with Crippen LogP contribution in [0.15, 0.2) is 0 Å². The molecular weight excluding hydrogens is 206 g/mol. The SMILES string of the molecule is CC1CCCC(N)(CC2CC3CCC2C3)C1C. The fourth-order valence-corrected chi connectivity index (χ4v) is 5.20. The second kappa shape index (κ2) is 4.26. The lowest BCUT2D eigenvalue weighted by Crippen LogP contribution is -2.52. The van der Waals surface area contributed by atoms with E-state index in [4.69, 9.17) is 5.73 Å². The van der Waals surface area contributed by atoms with Crippen molar-refractivity contribution >= 4 is 0 Å². The summed E-state index contributed by atoms with van der Waals surface area (Å²) in [6.07, 6.45) is 11.4. The fraction of sp³-hybridized carbons (Fsp3) is 1.00. The van der Waals surface area contributed by atoms with Crippen LogP contribution in [0, 0.1) is 29.6 Å². The van der Waals surface area contributed by atoms with E-state index in [-0.39, 0.29) is 5.54 Å². The molecule has 6 atom stereocenters. The Morgan fingerprint density at radius 3 is 2.59 bits per heavy atom. The predicted molar refractivity (Wildman–Crippen MR) is 72.7 cm³/mol. The summed E-state index contributed by atoms with van der Waals surface area (Å²) in [5.74, 6) is 4.67. The molecule has 3 aliphatic rings. The number of rotatable bonds is 2. The molecule has 3 rings (SSSR count). The smallest absolute Gasteiger partial charge is 0.0185 e. The molecule has 0 aromatic heterocycles. The first-order valence-corrected chi connectivity index (χ1v) is 7.87. The average Bonchev–Trinajstić information content (AvgIpc) is 2.87. The Labute approximate surface area is 107 Å². The molecule has 3 fully saturated rings. The molecule has 3 aliphatic carbocycles. The van der Waals surface area contributed by atoms with Crippen molar-refractivity contribution in [3.63, 3.8) is 0 Å². The zero-order valence-corrected chi connectivity index (χ0v) is 11.6. The zero-order chi connectivity index (χ0) is 12.0. The van der Waals surface area contributed by atoms with Gasteiger partial charge in [-0.05, 0) is 61.7 Å². The molecule has 0 saturated heterocycles. The summed E-state index contributed by atoms with van der Waals surface area (Å²) in [4.78, 5) is 0. The summed E-state index contributed by atoms with van der Waals surface area (Å²) >= 11 is 0. The number of nitrogens with two attached hydrogens (primary N) is 1. The second-order valence-electron chi connectivity index (χ2n) is 7.53. The largest absolute Gasteiger partial charge is 0.325 e. The summed E-state index contributed by atoms with van der Waals surface area (Å²) < 4.78 is 0. The first kappa shape index (κ1) is 12.0. The standard InChI is InChI=1S/C16H29N/c1-11-4-3-7-16(17,12(11)2)10-15-9-13-5-6-14(15)8-13/h11-15H,3-10,17H2,1-2H3. The van der Waals surface area contributed by atoms with Gasteiger partial charge in [0.2, 0.25) is 0 Å². The van der Waals surface area contributed by atoms with Gasteiger partial charge in [0.05, 0.1) is 0 Å². The Morgan fingerprint density at radius 2 is 1.94 bits per heavy atom. The predicted octanol–water partition coefficient (Wildman–Crippen LogP) is 3.97. The molecule has 1 nitrogen and oxygen atoms in total. The molecule has 2 bridgehead atoms. The van der Waals surface area contributed by atoms with E-state index >= 15 is 0 Å². The molecule has 0 aromatic rings. The number of fused-ring (bicyclic) bond motifs is 2. The highest BCUT2D eigenvalue weighted by Gasteiger charge is 2.45. The zero-order valence-electron chi connectivity index (χ0n) is 11.6. The van der Waals surface area contributed by atoms with Gasteiger partial charge in [0.1, 0.15) is 0 Å². The molecule has 0 aromatic carbocycles. The number of hydrogen-bond donors (Lipinski definition) is 1. The van der Waals surface area contributed by atoms with Crippen molar-refractivity contribution in [1.82, 2.24) is 0 Å². The summed E-state index contributed by atoms with van der Waals surface area (Å²) in [6, 6.07) is 0. The summed E-state index contributed by atoms with van der Waals surface area (Å²) in [7, 11) is 0. The molecule has 1 heteroatoms. The van der Waals surface area contributed by atoms with Crippen molar-refractivity contribution in [3.8, 4) is 0 Å². The molecule has 0 heterocycles. The summed E-state index contributed by atoms with van der Waals surface area (Å²) in [5, 5.41) is 0. The van der Waals surface area contributed by atoms with Gasteiger partial charge in [0, 0.05) is 5.54 Å². The molecule has 98 valence electrons. The lowest BCUT2D eigenvalue weighted by atomic mass is 9.64. The molecule has 2 N–H and O–H groups in total. The van der Waals surface area contributed by atoms with E-state index in [0.717, 1.165) is 29.6 Å². The van der Waals surface area contributed by atoms with Gasteiger partial charge in [0.15, 0.2) is 0 Å². The van der Waals surface area contributed by atoms with Crippen molar-refractivity contribution in [2.45, 2.75) is 70.8 Å². The van der Waals surface area contributed by atoms with E-state index in [0.29, 0.717) is 0 Å². The summed E-state index contributed by atoms with van der Waals surface area (Å²) in [5.41, 5.74) is 6.98. The molecule has 3 saturated carbocycles. The van der Waals surface area contributed by atoms with Gasteiger partial charge in [-0.25, -0.2) is 0 Å². The maximum atomic E-state index is 6.80. The first-order chi connectivity index (χ1) is 8.08. The van der Waals surface area contributed by atoms with Gasteiger partial charge in [-0.3, -0.25) is 0 Å². The average molecular weight is 235 g/mol. The minimum absolute atomic E-state index is 0.173. The minimum Gasteiger partial charge on any atom is -0.325 e. The Bertz CT molecular complexity index is 287. The van der Waals surface area contributed by atoms with Crippen molar-refractivity contribution in [3.05, 3.63) is 0 Å². The minimum atomic E-state index is 0.173. The van der Waals surface area contributed by atoms with Crippen LogP contribution in [0.4, 0.5) is 0 Å².